The molecule has 3 aromatic carbocycles. The molecule has 0 aliphatic heterocycles. The van der Waals surface area contributed by atoms with Crippen LogP contribution in [-0.4, -0.2) is 41.2 Å². The second-order valence-corrected chi connectivity index (χ2v) is 9.81. The Morgan fingerprint density at radius 3 is 2.09 bits per heavy atom. The maximum absolute atomic E-state index is 13.4. The van der Waals surface area contributed by atoms with Crippen LogP contribution in [0.5, 0.6) is 0 Å². The van der Waals surface area contributed by atoms with Crippen molar-refractivity contribution in [3.05, 3.63) is 89.5 Å². The van der Waals surface area contributed by atoms with E-state index in [1.807, 2.05) is 63.2 Å². The summed E-state index contributed by atoms with van der Waals surface area (Å²) in [6.07, 6.45) is 1.52. The quantitative estimate of drug-likeness (QED) is 0.407. The smallest absolute Gasteiger partial charge is 0.264 e. The van der Waals surface area contributed by atoms with Crippen molar-refractivity contribution in [2.75, 3.05) is 29.8 Å². The molecule has 0 aromatic heterocycles. The van der Waals surface area contributed by atoms with Gasteiger partial charge in [-0.1, -0.05) is 36.4 Å². The van der Waals surface area contributed by atoms with Crippen molar-refractivity contribution in [2.24, 2.45) is 5.10 Å². The normalized spacial score (nSPS) is 11.4. The zero-order chi connectivity index (χ0) is 24.0. The van der Waals surface area contributed by atoms with Gasteiger partial charge in [0.2, 0.25) is 0 Å². The number of nitrogens with zero attached hydrogens (tertiary/aromatic N) is 3. The molecule has 33 heavy (non-hydrogen) atoms. The Balaban J connectivity index is 1.82. The fourth-order valence-electron chi connectivity index (χ4n) is 3.33. The number of nitrogens with one attached hydrogen (secondary N) is 1. The van der Waals surface area contributed by atoms with Crippen LogP contribution >= 0.6 is 0 Å². The summed E-state index contributed by atoms with van der Waals surface area (Å²) in [5, 5.41) is 3.99. The van der Waals surface area contributed by atoms with E-state index >= 15 is 0 Å². The molecule has 1 N–H and O–H groups in total. The molecule has 0 spiro atoms. The number of carbonyl (C=O) groups is 1. The number of benzene rings is 3. The van der Waals surface area contributed by atoms with Gasteiger partial charge in [0.25, 0.3) is 15.9 Å². The van der Waals surface area contributed by atoms with Crippen LogP contribution < -0.4 is 14.6 Å². The Morgan fingerprint density at radius 2 is 1.52 bits per heavy atom. The molecular formula is C25H28N4O3S. The van der Waals surface area contributed by atoms with Gasteiger partial charge >= 0.3 is 0 Å². The van der Waals surface area contributed by atoms with E-state index in [2.05, 4.69) is 10.5 Å². The number of aryl methyl sites for hydroxylation is 2. The highest BCUT2D eigenvalue weighted by Gasteiger charge is 2.27. The lowest BCUT2D eigenvalue weighted by Gasteiger charge is -2.24. The minimum atomic E-state index is -3.96. The number of amides is 1. The molecule has 0 saturated heterocycles. The molecule has 172 valence electrons. The van der Waals surface area contributed by atoms with Crippen LogP contribution in [0.1, 0.15) is 16.7 Å². The molecule has 3 rings (SSSR count). The van der Waals surface area contributed by atoms with E-state index in [9.17, 15) is 13.2 Å². The summed E-state index contributed by atoms with van der Waals surface area (Å²) in [6, 6.07) is 21.2. The van der Waals surface area contributed by atoms with Crippen molar-refractivity contribution in [1.29, 1.82) is 0 Å². The molecule has 0 aliphatic rings. The molecular weight excluding hydrogens is 436 g/mol. The van der Waals surface area contributed by atoms with E-state index in [0.717, 1.165) is 26.7 Å². The van der Waals surface area contributed by atoms with Gasteiger partial charge < -0.3 is 4.90 Å². The maximum atomic E-state index is 13.4. The minimum Gasteiger partial charge on any atom is -0.378 e. The Kier molecular flexibility index (Phi) is 7.50. The first kappa shape index (κ1) is 24.0. The Hall–Kier alpha value is -3.65. The topological polar surface area (TPSA) is 82.1 Å². The van der Waals surface area contributed by atoms with Crippen LogP contribution in [-0.2, 0) is 14.8 Å². The van der Waals surface area contributed by atoms with Gasteiger partial charge in [-0.2, -0.15) is 5.10 Å². The lowest BCUT2D eigenvalue weighted by Crippen LogP contribution is -2.39. The third-order valence-electron chi connectivity index (χ3n) is 4.93. The van der Waals surface area contributed by atoms with E-state index in [1.165, 1.54) is 18.3 Å². The van der Waals surface area contributed by atoms with Crippen LogP contribution in [0.25, 0.3) is 0 Å². The summed E-state index contributed by atoms with van der Waals surface area (Å²) in [6.45, 7) is 3.36. The molecule has 0 saturated carbocycles. The highest BCUT2D eigenvalue weighted by atomic mass is 32.2. The molecule has 7 nitrogen and oxygen atoms in total. The van der Waals surface area contributed by atoms with Crippen molar-refractivity contribution < 1.29 is 13.2 Å². The number of carbonyl (C=O) groups excluding carboxylic acids is 1. The Morgan fingerprint density at radius 1 is 0.909 bits per heavy atom. The van der Waals surface area contributed by atoms with Gasteiger partial charge in [-0.05, 0) is 66.9 Å². The van der Waals surface area contributed by atoms with Gasteiger partial charge in [-0.25, -0.2) is 13.8 Å². The van der Waals surface area contributed by atoms with Crippen molar-refractivity contribution >= 4 is 33.5 Å². The molecule has 0 heterocycles. The first-order valence-corrected chi connectivity index (χ1v) is 11.9. The molecule has 8 heteroatoms. The van der Waals surface area contributed by atoms with Gasteiger partial charge in [-0.15, -0.1) is 0 Å². The Labute approximate surface area is 195 Å². The molecule has 0 fully saturated rings. The number of sulfonamides is 1. The van der Waals surface area contributed by atoms with Crippen LogP contribution in [0.2, 0.25) is 0 Å². The van der Waals surface area contributed by atoms with E-state index < -0.39 is 22.5 Å². The van der Waals surface area contributed by atoms with Gasteiger partial charge in [0.05, 0.1) is 16.8 Å². The number of hydrazone groups is 1. The summed E-state index contributed by atoms with van der Waals surface area (Å²) in [4.78, 5) is 14.8. The molecule has 0 atom stereocenters. The number of rotatable bonds is 8. The molecule has 0 unspecified atom stereocenters. The standard InChI is InChI=1S/C25H28N4O3S/c1-19-14-20(2)16-23(15-19)29(33(31,32)24-8-6-5-7-9-24)18-25(30)27-26-17-21-10-12-22(13-11-21)28(3)4/h5-17H,18H2,1-4H3,(H,27,30)/b26-17-. The van der Waals surface area contributed by atoms with Crippen molar-refractivity contribution in [2.45, 2.75) is 18.7 Å². The molecule has 0 bridgehead atoms. The van der Waals surface area contributed by atoms with Crippen molar-refractivity contribution in [3.63, 3.8) is 0 Å². The van der Waals surface area contributed by atoms with Crippen molar-refractivity contribution in [1.82, 2.24) is 5.43 Å². The van der Waals surface area contributed by atoms with Crippen LogP contribution in [0.15, 0.2) is 82.8 Å². The lowest BCUT2D eigenvalue weighted by atomic mass is 10.1. The fourth-order valence-corrected chi connectivity index (χ4v) is 4.76. The summed E-state index contributed by atoms with van der Waals surface area (Å²) in [5.41, 5.74) is 6.52. The number of hydrogen-bond acceptors (Lipinski definition) is 5. The molecule has 0 aliphatic carbocycles. The lowest BCUT2D eigenvalue weighted by molar-refractivity contribution is -0.119. The molecule has 0 radical (unpaired) electrons. The van der Waals surface area contributed by atoms with Gasteiger partial charge in [-0.3, -0.25) is 9.10 Å². The van der Waals surface area contributed by atoms with Crippen LogP contribution in [0.4, 0.5) is 11.4 Å². The van der Waals surface area contributed by atoms with E-state index in [-0.39, 0.29) is 4.90 Å². The third kappa shape index (κ3) is 6.20. The number of hydrogen-bond donors (Lipinski definition) is 1. The summed E-state index contributed by atoms with van der Waals surface area (Å²) >= 11 is 0. The zero-order valence-electron chi connectivity index (χ0n) is 19.2. The average molecular weight is 465 g/mol. The van der Waals surface area contributed by atoms with Gasteiger partial charge in [0.1, 0.15) is 6.54 Å². The van der Waals surface area contributed by atoms with Crippen LogP contribution in [0, 0.1) is 13.8 Å². The second kappa shape index (κ2) is 10.3. The summed E-state index contributed by atoms with van der Waals surface area (Å²) in [5.74, 6) is -0.546. The predicted molar refractivity (Wildman–Crippen MR) is 133 cm³/mol. The molecule has 1 amide bonds. The minimum absolute atomic E-state index is 0.112. The first-order chi connectivity index (χ1) is 15.7. The predicted octanol–water partition coefficient (Wildman–Crippen LogP) is 3.72. The molecule has 3 aromatic rings. The van der Waals surface area contributed by atoms with Crippen molar-refractivity contribution in [3.8, 4) is 0 Å². The monoisotopic (exact) mass is 464 g/mol. The first-order valence-electron chi connectivity index (χ1n) is 10.4. The van der Waals surface area contributed by atoms with Gasteiger partial charge in [0.15, 0.2) is 0 Å². The third-order valence-corrected chi connectivity index (χ3v) is 6.71. The summed E-state index contributed by atoms with van der Waals surface area (Å²) in [7, 11) is -0.0515. The average Bonchev–Trinajstić information content (AvgIpc) is 2.77. The zero-order valence-corrected chi connectivity index (χ0v) is 20.0. The van der Waals surface area contributed by atoms with Crippen LogP contribution in [0.3, 0.4) is 0 Å². The Bertz CT molecular complexity index is 1220. The number of anilines is 2. The largest absolute Gasteiger partial charge is 0.378 e. The fraction of sp³-hybridized carbons (Fsp3) is 0.200. The summed E-state index contributed by atoms with van der Waals surface area (Å²) < 4.78 is 27.9. The van der Waals surface area contributed by atoms with E-state index in [1.54, 1.807) is 30.3 Å². The maximum Gasteiger partial charge on any atom is 0.264 e. The van der Waals surface area contributed by atoms with Gasteiger partial charge in [0, 0.05) is 19.8 Å². The highest BCUT2D eigenvalue weighted by Crippen LogP contribution is 2.25. The van der Waals surface area contributed by atoms with E-state index in [4.69, 9.17) is 0 Å². The van der Waals surface area contributed by atoms with E-state index in [0.29, 0.717) is 5.69 Å². The SMILES string of the molecule is Cc1cc(C)cc(N(CC(=O)N/N=C\c2ccc(N(C)C)cc2)S(=O)(=O)c2ccccc2)c1. The second-order valence-electron chi connectivity index (χ2n) is 7.95. The highest BCUT2D eigenvalue weighted by molar-refractivity contribution is 7.92.